The predicted octanol–water partition coefficient (Wildman–Crippen LogP) is 3.38. The fourth-order valence-electron chi connectivity index (χ4n) is 3.46. The van der Waals surface area contributed by atoms with Crippen molar-refractivity contribution in [3.05, 3.63) is 101 Å². The van der Waals surface area contributed by atoms with E-state index in [2.05, 4.69) is 5.10 Å². The van der Waals surface area contributed by atoms with Crippen LogP contribution in [0.1, 0.15) is 18.5 Å². The van der Waals surface area contributed by atoms with Crippen LogP contribution in [0.3, 0.4) is 0 Å². The van der Waals surface area contributed by atoms with E-state index in [-0.39, 0.29) is 21.8 Å². The van der Waals surface area contributed by atoms with Gasteiger partial charge in [-0.15, -0.1) is 0 Å². The highest BCUT2D eigenvalue weighted by Crippen LogP contribution is 2.24. The molecular weight excluding hydrogens is 428 g/mol. The molecule has 0 aliphatic heterocycles. The van der Waals surface area contributed by atoms with Crippen LogP contribution < -0.4 is 5.56 Å². The number of nitrogens with zero attached hydrogens (tertiary/aromatic N) is 2. The number of carbonyl (C=O) groups is 1. The van der Waals surface area contributed by atoms with Gasteiger partial charge in [-0.1, -0.05) is 48.5 Å². The lowest BCUT2D eigenvalue weighted by atomic mass is 10.1. The number of rotatable bonds is 6. The molecule has 0 fully saturated rings. The summed E-state index contributed by atoms with van der Waals surface area (Å²) in [5.41, 5.74) is 0.0382. The van der Waals surface area contributed by atoms with E-state index in [1.165, 1.54) is 36.5 Å². The van der Waals surface area contributed by atoms with Gasteiger partial charge in [0, 0.05) is 5.39 Å². The molecule has 4 aromatic rings. The van der Waals surface area contributed by atoms with Crippen molar-refractivity contribution in [1.82, 2.24) is 9.78 Å². The summed E-state index contributed by atoms with van der Waals surface area (Å²) in [6.07, 6.45) is 1.38. The van der Waals surface area contributed by atoms with Crippen LogP contribution in [-0.4, -0.2) is 30.8 Å². The average molecular weight is 449 g/mol. The summed E-state index contributed by atoms with van der Waals surface area (Å²) in [6, 6.07) is 20.0. The minimum absolute atomic E-state index is 0.0557. The fraction of sp³-hybridized carbons (Fsp3) is 0.125. The van der Waals surface area contributed by atoms with Crippen LogP contribution >= 0.6 is 0 Å². The van der Waals surface area contributed by atoms with Crippen molar-refractivity contribution in [3.8, 4) is 0 Å². The third-order valence-electron chi connectivity index (χ3n) is 5.02. The Morgan fingerprint density at radius 2 is 1.62 bits per heavy atom. The molecular formula is C24H20N2O5S. The second-order valence-corrected chi connectivity index (χ2v) is 8.97. The van der Waals surface area contributed by atoms with E-state index in [0.717, 1.165) is 4.68 Å². The summed E-state index contributed by atoms with van der Waals surface area (Å²) in [5, 5.41) is 4.80. The Morgan fingerprint density at radius 1 is 0.969 bits per heavy atom. The first kappa shape index (κ1) is 21.5. The SMILES string of the molecule is CCOC(=O)C(c1ccccc1)n1ncc2cc(S(=O)(=O)c3ccccc3)ccc2c1=O. The van der Waals surface area contributed by atoms with E-state index in [1.54, 1.807) is 55.5 Å². The maximum absolute atomic E-state index is 13.2. The minimum atomic E-state index is -3.74. The molecule has 0 spiro atoms. The summed E-state index contributed by atoms with van der Waals surface area (Å²) < 4.78 is 32.1. The van der Waals surface area contributed by atoms with Crippen molar-refractivity contribution >= 4 is 26.6 Å². The normalized spacial score (nSPS) is 12.4. The number of hydrogen-bond acceptors (Lipinski definition) is 6. The summed E-state index contributed by atoms with van der Waals surface area (Å²) in [6.45, 7) is 1.84. The summed E-state index contributed by atoms with van der Waals surface area (Å²) in [7, 11) is -3.74. The predicted molar refractivity (Wildman–Crippen MR) is 119 cm³/mol. The lowest BCUT2D eigenvalue weighted by molar-refractivity contribution is -0.146. The molecule has 0 amide bonds. The Hall–Kier alpha value is -3.78. The summed E-state index contributed by atoms with van der Waals surface area (Å²) in [5.74, 6) is -0.601. The highest BCUT2D eigenvalue weighted by Gasteiger charge is 2.27. The minimum Gasteiger partial charge on any atom is -0.464 e. The van der Waals surface area contributed by atoms with Gasteiger partial charge in [0.1, 0.15) is 0 Å². The number of benzene rings is 3. The highest BCUT2D eigenvalue weighted by atomic mass is 32.2. The molecule has 32 heavy (non-hydrogen) atoms. The zero-order chi connectivity index (χ0) is 22.7. The quantitative estimate of drug-likeness (QED) is 0.420. The molecule has 1 unspecified atom stereocenters. The molecule has 4 rings (SSSR count). The monoisotopic (exact) mass is 448 g/mol. The van der Waals surface area contributed by atoms with Gasteiger partial charge in [-0.05, 0) is 42.8 Å². The Labute approximate surface area is 184 Å². The first-order valence-corrected chi connectivity index (χ1v) is 11.4. The van der Waals surface area contributed by atoms with E-state index in [0.29, 0.717) is 10.9 Å². The molecule has 0 saturated carbocycles. The second-order valence-electron chi connectivity index (χ2n) is 7.03. The molecule has 0 aliphatic rings. The van der Waals surface area contributed by atoms with Crippen LogP contribution in [0, 0.1) is 0 Å². The molecule has 1 atom stereocenters. The number of esters is 1. The van der Waals surface area contributed by atoms with Gasteiger partial charge in [0.25, 0.3) is 5.56 Å². The van der Waals surface area contributed by atoms with Gasteiger partial charge in [0.2, 0.25) is 9.84 Å². The molecule has 0 saturated heterocycles. The third kappa shape index (κ3) is 3.92. The fourth-order valence-corrected chi connectivity index (χ4v) is 4.78. The molecule has 1 aromatic heterocycles. The van der Waals surface area contributed by atoms with Crippen LogP contribution in [0.15, 0.2) is 99.6 Å². The van der Waals surface area contributed by atoms with Gasteiger partial charge in [-0.3, -0.25) is 4.79 Å². The Kier molecular flexibility index (Phi) is 5.87. The number of fused-ring (bicyclic) bond motifs is 1. The number of sulfone groups is 1. The van der Waals surface area contributed by atoms with E-state index in [9.17, 15) is 18.0 Å². The van der Waals surface area contributed by atoms with E-state index >= 15 is 0 Å². The molecule has 3 aromatic carbocycles. The molecule has 0 N–H and O–H groups in total. The van der Waals surface area contributed by atoms with Crippen molar-refractivity contribution in [2.24, 2.45) is 0 Å². The molecule has 1 heterocycles. The summed E-state index contributed by atoms with van der Waals surface area (Å²) in [4.78, 5) is 26.1. The summed E-state index contributed by atoms with van der Waals surface area (Å²) >= 11 is 0. The Balaban J connectivity index is 1.83. The maximum Gasteiger partial charge on any atom is 0.335 e. The van der Waals surface area contributed by atoms with Crippen molar-refractivity contribution < 1.29 is 17.9 Å². The zero-order valence-electron chi connectivity index (χ0n) is 17.2. The topological polar surface area (TPSA) is 95.3 Å². The smallest absolute Gasteiger partial charge is 0.335 e. The van der Waals surface area contributed by atoms with Crippen molar-refractivity contribution in [3.63, 3.8) is 0 Å². The maximum atomic E-state index is 13.2. The largest absolute Gasteiger partial charge is 0.464 e. The Morgan fingerprint density at radius 3 is 2.28 bits per heavy atom. The zero-order valence-corrected chi connectivity index (χ0v) is 18.0. The van der Waals surface area contributed by atoms with E-state index in [1.807, 2.05) is 0 Å². The number of aromatic nitrogens is 2. The van der Waals surface area contributed by atoms with E-state index in [4.69, 9.17) is 4.74 Å². The number of hydrogen-bond donors (Lipinski definition) is 0. The highest BCUT2D eigenvalue weighted by molar-refractivity contribution is 7.91. The van der Waals surface area contributed by atoms with Crippen LogP contribution in [0.25, 0.3) is 10.8 Å². The van der Waals surface area contributed by atoms with Gasteiger partial charge in [-0.2, -0.15) is 5.10 Å². The lowest BCUT2D eigenvalue weighted by Crippen LogP contribution is -2.33. The van der Waals surface area contributed by atoms with Crippen LogP contribution in [0.5, 0.6) is 0 Å². The molecule has 162 valence electrons. The average Bonchev–Trinajstić information content (AvgIpc) is 2.82. The molecule has 0 aliphatic carbocycles. The number of carbonyl (C=O) groups excluding carboxylic acids is 1. The van der Waals surface area contributed by atoms with Gasteiger partial charge < -0.3 is 4.74 Å². The Bertz CT molecular complexity index is 1430. The molecule has 8 heteroatoms. The third-order valence-corrected chi connectivity index (χ3v) is 6.78. The van der Waals surface area contributed by atoms with Crippen molar-refractivity contribution in [1.29, 1.82) is 0 Å². The van der Waals surface area contributed by atoms with Crippen LogP contribution in [0.2, 0.25) is 0 Å². The molecule has 0 radical (unpaired) electrons. The van der Waals surface area contributed by atoms with Gasteiger partial charge in [-0.25, -0.2) is 17.9 Å². The first-order valence-electron chi connectivity index (χ1n) is 9.97. The van der Waals surface area contributed by atoms with Gasteiger partial charge in [0.15, 0.2) is 6.04 Å². The van der Waals surface area contributed by atoms with Gasteiger partial charge in [0.05, 0.1) is 28.0 Å². The van der Waals surface area contributed by atoms with Crippen LogP contribution in [0.4, 0.5) is 0 Å². The standard InChI is InChI=1S/C24H20N2O5S/c1-2-31-24(28)22(17-9-5-3-6-10-17)26-23(27)21-14-13-20(15-18(21)16-25-26)32(29,30)19-11-7-4-8-12-19/h3-16,22H,2H2,1H3. The first-order chi connectivity index (χ1) is 15.4. The van der Waals surface area contributed by atoms with Gasteiger partial charge >= 0.3 is 5.97 Å². The van der Waals surface area contributed by atoms with E-state index < -0.39 is 27.4 Å². The van der Waals surface area contributed by atoms with Crippen LogP contribution in [-0.2, 0) is 19.4 Å². The van der Waals surface area contributed by atoms with Crippen molar-refractivity contribution in [2.75, 3.05) is 6.61 Å². The number of ether oxygens (including phenoxy) is 1. The second kappa shape index (κ2) is 8.76. The molecule has 7 nitrogen and oxygen atoms in total. The lowest BCUT2D eigenvalue weighted by Gasteiger charge is -2.18. The van der Waals surface area contributed by atoms with Crippen molar-refractivity contribution in [2.45, 2.75) is 22.8 Å². The molecule has 0 bridgehead atoms.